The van der Waals surface area contributed by atoms with Gasteiger partial charge in [0, 0.05) is 27.5 Å². The first-order valence-electron chi connectivity index (χ1n) is 7.00. The van der Waals surface area contributed by atoms with Crippen molar-refractivity contribution < 1.29 is 10.0 Å². The first kappa shape index (κ1) is 15.3. The maximum absolute atomic E-state index is 11.0. The lowest BCUT2D eigenvalue weighted by Crippen LogP contribution is -2.14. The number of amides is 1. The zero-order valence-corrected chi connectivity index (χ0v) is 13.0. The van der Waals surface area contributed by atoms with Crippen molar-refractivity contribution >= 4 is 34.6 Å². The summed E-state index contributed by atoms with van der Waals surface area (Å²) in [7, 11) is 0. The van der Waals surface area contributed by atoms with Crippen LogP contribution in [0.4, 0.5) is 0 Å². The molecular weight excluding hydrogens is 308 g/mol. The van der Waals surface area contributed by atoms with Crippen LogP contribution < -0.4 is 5.48 Å². The van der Waals surface area contributed by atoms with Crippen LogP contribution in [-0.4, -0.2) is 16.1 Å². The Morgan fingerprint density at radius 3 is 2.65 bits per heavy atom. The summed E-state index contributed by atoms with van der Waals surface area (Å²) in [6.45, 7) is 0. The standard InChI is InChI=1S/C18H14N2O2S/c21-18(20-22)10-7-13-5-8-14(9-6-13)23-17-11-12-19-16-4-2-1-3-15(16)17/h1-12,22H,(H,20,21)/b10-7+. The van der Waals surface area contributed by atoms with Crippen molar-refractivity contribution in [2.45, 2.75) is 9.79 Å². The van der Waals surface area contributed by atoms with Gasteiger partial charge in [0.05, 0.1) is 5.52 Å². The number of hydrogen-bond donors (Lipinski definition) is 2. The van der Waals surface area contributed by atoms with Crippen LogP contribution in [0.3, 0.4) is 0 Å². The molecule has 0 saturated carbocycles. The molecule has 3 rings (SSSR count). The van der Waals surface area contributed by atoms with Crippen LogP contribution in [0.5, 0.6) is 0 Å². The Morgan fingerprint density at radius 1 is 1.09 bits per heavy atom. The molecule has 0 saturated heterocycles. The van der Waals surface area contributed by atoms with E-state index in [1.54, 1.807) is 23.3 Å². The molecule has 1 amide bonds. The predicted octanol–water partition coefficient (Wildman–Crippen LogP) is 3.90. The Hall–Kier alpha value is -2.63. The van der Waals surface area contributed by atoms with Crippen LogP contribution in [0.2, 0.25) is 0 Å². The highest BCUT2D eigenvalue weighted by molar-refractivity contribution is 7.99. The van der Waals surface area contributed by atoms with Gasteiger partial charge in [0.1, 0.15) is 0 Å². The van der Waals surface area contributed by atoms with E-state index in [0.29, 0.717) is 0 Å². The molecule has 0 radical (unpaired) electrons. The number of aromatic nitrogens is 1. The van der Waals surface area contributed by atoms with Crippen molar-refractivity contribution in [2.75, 3.05) is 0 Å². The molecule has 1 aromatic heterocycles. The summed E-state index contributed by atoms with van der Waals surface area (Å²) >= 11 is 1.67. The summed E-state index contributed by atoms with van der Waals surface area (Å²) in [6.07, 6.45) is 4.73. The predicted molar refractivity (Wildman–Crippen MR) is 91.3 cm³/mol. The average Bonchev–Trinajstić information content (AvgIpc) is 2.61. The molecule has 0 aliphatic heterocycles. The van der Waals surface area contributed by atoms with Gasteiger partial charge in [-0.05, 0) is 35.9 Å². The summed E-state index contributed by atoms with van der Waals surface area (Å²) in [5.41, 5.74) is 3.43. The third-order valence-electron chi connectivity index (χ3n) is 3.25. The van der Waals surface area contributed by atoms with Crippen molar-refractivity contribution in [3.8, 4) is 0 Å². The van der Waals surface area contributed by atoms with Crippen LogP contribution in [-0.2, 0) is 4.79 Å². The van der Waals surface area contributed by atoms with Gasteiger partial charge in [-0.2, -0.15) is 0 Å². The van der Waals surface area contributed by atoms with Crippen molar-refractivity contribution in [3.63, 3.8) is 0 Å². The number of pyridine rings is 1. The molecule has 0 bridgehead atoms. The zero-order chi connectivity index (χ0) is 16.1. The van der Waals surface area contributed by atoms with E-state index in [9.17, 15) is 4.79 Å². The summed E-state index contributed by atoms with van der Waals surface area (Å²) in [5, 5.41) is 9.58. The smallest absolute Gasteiger partial charge is 0.267 e. The number of nitrogens with one attached hydrogen (secondary N) is 1. The molecule has 0 atom stereocenters. The number of fused-ring (bicyclic) bond motifs is 1. The minimum atomic E-state index is -0.549. The highest BCUT2D eigenvalue weighted by Crippen LogP contribution is 2.32. The summed E-state index contributed by atoms with van der Waals surface area (Å²) in [4.78, 5) is 17.6. The Bertz CT molecular complexity index is 855. The summed E-state index contributed by atoms with van der Waals surface area (Å²) in [6, 6.07) is 17.9. The molecule has 0 unspecified atom stereocenters. The molecule has 5 heteroatoms. The fraction of sp³-hybridized carbons (Fsp3) is 0. The topological polar surface area (TPSA) is 62.2 Å². The fourth-order valence-electron chi connectivity index (χ4n) is 2.14. The van der Waals surface area contributed by atoms with Gasteiger partial charge in [-0.1, -0.05) is 42.1 Å². The van der Waals surface area contributed by atoms with E-state index in [4.69, 9.17) is 5.21 Å². The highest BCUT2D eigenvalue weighted by atomic mass is 32.2. The maximum atomic E-state index is 11.0. The molecule has 2 aromatic carbocycles. The molecule has 1 heterocycles. The van der Waals surface area contributed by atoms with E-state index in [2.05, 4.69) is 11.1 Å². The lowest BCUT2D eigenvalue weighted by molar-refractivity contribution is -0.124. The zero-order valence-electron chi connectivity index (χ0n) is 12.1. The number of hydrogen-bond acceptors (Lipinski definition) is 4. The van der Waals surface area contributed by atoms with Gasteiger partial charge in [0.15, 0.2) is 0 Å². The average molecular weight is 322 g/mol. The number of rotatable bonds is 4. The van der Waals surface area contributed by atoms with E-state index in [1.807, 2.05) is 54.7 Å². The van der Waals surface area contributed by atoms with Crippen LogP contribution in [0.1, 0.15) is 5.56 Å². The van der Waals surface area contributed by atoms with Crippen LogP contribution in [0.25, 0.3) is 17.0 Å². The second-order valence-electron chi connectivity index (χ2n) is 4.81. The Balaban J connectivity index is 1.80. The van der Waals surface area contributed by atoms with Gasteiger partial charge < -0.3 is 0 Å². The van der Waals surface area contributed by atoms with Crippen molar-refractivity contribution in [2.24, 2.45) is 0 Å². The van der Waals surface area contributed by atoms with Gasteiger partial charge in [-0.3, -0.25) is 15.0 Å². The third kappa shape index (κ3) is 3.77. The Morgan fingerprint density at radius 2 is 1.87 bits per heavy atom. The normalized spacial score (nSPS) is 11.0. The Kier molecular flexibility index (Phi) is 4.71. The van der Waals surface area contributed by atoms with Gasteiger partial charge in [-0.15, -0.1) is 0 Å². The molecular formula is C18H14N2O2S. The van der Waals surface area contributed by atoms with Gasteiger partial charge in [0.2, 0.25) is 0 Å². The molecule has 0 fully saturated rings. The second-order valence-corrected chi connectivity index (χ2v) is 5.92. The number of nitrogens with zero attached hydrogens (tertiary/aromatic N) is 1. The van der Waals surface area contributed by atoms with E-state index < -0.39 is 5.91 Å². The monoisotopic (exact) mass is 322 g/mol. The van der Waals surface area contributed by atoms with Crippen LogP contribution >= 0.6 is 11.8 Å². The SMILES string of the molecule is O=C(/C=C/c1ccc(Sc2ccnc3ccccc23)cc1)NO. The number of carbonyl (C=O) groups excluding carboxylic acids is 1. The summed E-state index contributed by atoms with van der Waals surface area (Å²) in [5.74, 6) is -0.549. The molecule has 0 aliphatic carbocycles. The maximum Gasteiger partial charge on any atom is 0.267 e. The minimum absolute atomic E-state index is 0.549. The van der Waals surface area contributed by atoms with Gasteiger partial charge in [0.25, 0.3) is 5.91 Å². The molecule has 4 nitrogen and oxygen atoms in total. The first-order valence-corrected chi connectivity index (χ1v) is 7.82. The number of para-hydroxylation sites is 1. The van der Waals surface area contributed by atoms with E-state index in [-0.39, 0.29) is 0 Å². The fourth-order valence-corrected chi connectivity index (χ4v) is 3.08. The van der Waals surface area contributed by atoms with Gasteiger partial charge in [-0.25, -0.2) is 5.48 Å². The van der Waals surface area contributed by atoms with E-state index in [0.717, 1.165) is 26.3 Å². The molecule has 114 valence electrons. The highest BCUT2D eigenvalue weighted by Gasteiger charge is 2.03. The third-order valence-corrected chi connectivity index (χ3v) is 4.34. The second kappa shape index (κ2) is 7.09. The van der Waals surface area contributed by atoms with Crippen molar-refractivity contribution in [1.29, 1.82) is 0 Å². The van der Waals surface area contributed by atoms with Crippen LogP contribution in [0.15, 0.2) is 76.7 Å². The summed E-state index contributed by atoms with van der Waals surface area (Å²) < 4.78 is 0. The van der Waals surface area contributed by atoms with E-state index >= 15 is 0 Å². The molecule has 23 heavy (non-hydrogen) atoms. The first-order chi connectivity index (χ1) is 11.3. The number of carbonyl (C=O) groups is 1. The molecule has 0 spiro atoms. The number of hydroxylamine groups is 1. The minimum Gasteiger partial charge on any atom is -0.288 e. The number of benzene rings is 2. The van der Waals surface area contributed by atoms with Crippen molar-refractivity contribution in [1.82, 2.24) is 10.5 Å². The van der Waals surface area contributed by atoms with E-state index in [1.165, 1.54) is 6.08 Å². The Labute approximate surface area is 137 Å². The largest absolute Gasteiger partial charge is 0.288 e. The van der Waals surface area contributed by atoms with Crippen molar-refractivity contribution in [3.05, 3.63) is 72.4 Å². The lowest BCUT2D eigenvalue weighted by atomic mass is 10.2. The van der Waals surface area contributed by atoms with Crippen LogP contribution in [0, 0.1) is 0 Å². The lowest BCUT2D eigenvalue weighted by Gasteiger charge is -2.06. The molecule has 2 N–H and O–H groups in total. The quantitative estimate of drug-likeness (QED) is 0.434. The van der Waals surface area contributed by atoms with Gasteiger partial charge >= 0.3 is 0 Å². The molecule has 3 aromatic rings. The molecule has 0 aliphatic rings.